The summed E-state index contributed by atoms with van der Waals surface area (Å²) in [6, 6.07) is 8.93. The van der Waals surface area contributed by atoms with E-state index >= 15 is 0 Å². The van der Waals surface area contributed by atoms with Crippen molar-refractivity contribution >= 4 is 11.8 Å². The van der Waals surface area contributed by atoms with Crippen LogP contribution >= 0.6 is 0 Å². The molecule has 1 unspecified atom stereocenters. The molecule has 2 amide bonds. The lowest BCUT2D eigenvalue weighted by Gasteiger charge is -2.26. The number of carbonyl (C=O) groups excluding carboxylic acids is 2. The number of rotatable bonds is 13. The van der Waals surface area contributed by atoms with Crippen molar-refractivity contribution < 1.29 is 28.2 Å². The predicted molar refractivity (Wildman–Crippen MR) is 123 cm³/mol. The maximum Gasteiger partial charge on any atom is 0.286 e. The molecule has 0 aliphatic carbocycles. The van der Waals surface area contributed by atoms with Crippen molar-refractivity contribution in [1.29, 1.82) is 0 Å². The first-order chi connectivity index (χ1) is 16.1. The van der Waals surface area contributed by atoms with Gasteiger partial charge >= 0.3 is 0 Å². The fraction of sp³-hybridized carbons (Fsp3) is 0.440. The van der Waals surface area contributed by atoms with Crippen LogP contribution < -0.4 is 14.8 Å². The zero-order valence-electron chi connectivity index (χ0n) is 19.1. The SMILES string of the molecule is C=CCOc1ccc(CN(CC2CCCO2)C(=O)CCCNC(=O)c2ccco2)cc1OC. The molecule has 2 heterocycles. The van der Waals surface area contributed by atoms with Gasteiger partial charge in [-0.05, 0) is 49.1 Å². The molecule has 1 aromatic heterocycles. The molecule has 0 bridgehead atoms. The highest BCUT2D eigenvalue weighted by Crippen LogP contribution is 2.29. The Morgan fingerprint density at radius 3 is 2.88 bits per heavy atom. The van der Waals surface area contributed by atoms with Gasteiger partial charge < -0.3 is 28.8 Å². The van der Waals surface area contributed by atoms with E-state index in [4.69, 9.17) is 18.6 Å². The molecule has 1 aliphatic rings. The number of methoxy groups -OCH3 is 1. The zero-order valence-corrected chi connectivity index (χ0v) is 19.1. The van der Waals surface area contributed by atoms with Gasteiger partial charge in [-0.3, -0.25) is 9.59 Å². The molecule has 1 fully saturated rings. The average Bonchev–Trinajstić information content (AvgIpc) is 3.54. The van der Waals surface area contributed by atoms with E-state index < -0.39 is 0 Å². The number of carbonyl (C=O) groups is 2. The lowest BCUT2D eigenvalue weighted by molar-refractivity contribution is -0.133. The first-order valence-corrected chi connectivity index (χ1v) is 11.2. The van der Waals surface area contributed by atoms with Gasteiger partial charge in [-0.15, -0.1) is 0 Å². The summed E-state index contributed by atoms with van der Waals surface area (Å²) in [4.78, 5) is 26.8. The molecule has 33 heavy (non-hydrogen) atoms. The predicted octanol–water partition coefficient (Wildman–Crippen LogP) is 3.57. The van der Waals surface area contributed by atoms with Crippen molar-refractivity contribution in [3.05, 3.63) is 60.6 Å². The molecular weight excluding hydrogens is 424 g/mol. The highest BCUT2D eigenvalue weighted by Gasteiger charge is 2.23. The van der Waals surface area contributed by atoms with Gasteiger partial charge in [-0.2, -0.15) is 0 Å². The molecule has 0 radical (unpaired) electrons. The number of benzene rings is 1. The summed E-state index contributed by atoms with van der Waals surface area (Å²) < 4.78 is 21.9. The van der Waals surface area contributed by atoms with Crippen LogP contribution in [0.5, 0.6) is 11.5 Å². The van der Waals surface area contributed by atoms with Gasteiger partial charge in [0.05, 0.1) is 19.5 Å². The molecule has 1 aliphatic heterocycles. The third kappa shape index (κ3) is 7.39. The molecule has 0 saturated carbocycles. The molecule has 3 rings (SSSR count). The van der Waals surface area contributed by atoms with Gasteiger partial charge in [0.1, 0.15) is 6.61 Å². The van der Waals surface area contributed by atoms with Gasteiger partial charge in [-0.25, -0.2) is 0 Å². The normalized spacial score (nSPS) is 15.1. The Morgan fingerprint density at radius 1 is 1.30 bits per heavy atom. The van der Waals surface area contributed by atoms with Gasteiger partial charge in [0.2, 0.25) is 5.91 Å². The van der Waals surface area contributed by atoms with Crippen LogP contribution in [0.3, 0.4) is 0 Å². The molecule has 1 N–H and O–H groups in total. The summed E-state index contributed by atoms with van der Waals surface area (Å²) in [5, 5.41) is 2.77. The lowest BCUT2D eigenvalue weighted by Crippen LogP contribution is -2.37. The molecule has 1 saturated heterocycles. The lowest BCUT2D eigenvalue weighted by atomic mass is 10.1. The first-order valence-electron chi connectivity index (χ1n) is 11.2. The largest absolute Gasteiger partial charge is 0.493 e. The summed E-state index contributed by atoms with van der Waals surface area (Å²) in [6.45, 7) is 6.14. The first kappa shape index (κ1) is 24.4. The standard InChI is InChI=1S/C25H32N2O6/c1-3-13-32-21-11-10-19(16-23(21)30-2)17-27(18-20-7-5-14-31-20)24(28)9-4-12-26-25(29)22-8-6-15-33-22/h3,6,8,10-11,15-16,20H,1,4-5,7,9,12-14,17-18H2,2H3,(H,26,29). The van der Waals surface area contributed by atoms with Crippen molar-refractivity contribution in [1.82, 2.24) is 10.2 Å². The maximum absolute atomic E-state index is 13.0. The Morgan fingerprint density at radius 2 is 2.18 bits per heavy atom. The third-order valence-corrected chi connectivity index (χ3v) is 5.36. The van der Waals surface area contributed by atoms with E-state index in [-0.39, 0.29) is 23.7 Å². The Hall–Kier alpha value is -3.26. The van der Waals surface area contributed by atoms with Gasteiger partial charge in [0, 0.05) is 32.7 Å². The molecule has 8 nitrogen and oxygen atoms in total. The van der Waals surface area contributed by atoms with Crippen molar-refractivity contribution in [2.24, 2.45) is 0 Å². The average molecular weight is 457 g/mol. The van der Waals surface area contributed by atoms with Crippen LogP contribution in [0.1, 0.15) is 41.8 Å². The Bertz CT molecular complexity index is 906. The number of amides is 2. The molecule has 1 atom stereocenters. The van der Waals surface area contributed by atoms with Crippen LogP contribution in [-0.2, 0) is 16.1 Å². The molecule has 0 spiro atoms. The molecule has 178 valence electrons. The second-order valence-corrected chi connectivity index (χ2v) is 7.83. The van der Waals surface area contributed by atoms with Crippen molar-refractivity contribution in [3.63, 3.8) is 0 Å². The van der Waals surface area contributed by atoms with Crippen LogP contribution in [0.4, 0.5) is 0 Å². The van der Waals surface area contributed by atoms with E-state index in [1.165, 1.54) is 6.26 Å². The number of nitrogens with one attached hydrogen (secondary N) is 1. The number of furan rings is 1. The van der Waals surface area contributed by atoms with E-state index in [1.54, 1.807) is 25.3 Å². The second kappa shape index (κ2) is 12.7. The Kier molecular flexibility index (Phi) is 9.38. The van der Waals surface area contributed by atoms with E-state index in [2.05, 4.69) is 11.9 Å². The van der Waals surface area contributed by atoms with E-state index in [0.29, 0.717) is 50.6 Å². The number of hydrogen-bond donors (Lipinski definition) is 1. The number of nitrogens with zero attached hydrogens (tertiary/aromatic N) is 1. The quantitative estimate of drug-likeness (QED) is 0.366. The highest BCUT2D eigenvalue weighted by molar-refractivity contribution is 5.91. The van der Waals surface area contributed by atoms with Crippen LogP contribution in [0.25, 0.3) is 0 Å². The second-order valence-electron chi connectivity index (χ2n) is 7.83. The van der Waals surface area contributed by atoms with Crippen LogP contribution in [0, 0.1) is 0 Å². The Balaban J connectivity index is 1.58. The minimum Gasteiger partial charge on any atom is -0.493 e. The smallest absolute Gasteiger partial charge is 0.286 e. The van der Waals surface area contributed by atoms with E-state index in [1.807, 2.05) is 23.1 Å². The van der Waals surface area contributed by atoms with Gasteiger partial charge in [0.25, 0.3) is 5.91 Å². The number of hydrogen-bond acceptors (Lipinski definition) is 6. The molecular formula is C25H32N2O6. The van der Waals surface area contributed by atoms with E-state index in [0.717, 1.165) is 25.0 Å². The van der Waals surface area contributed by atoms with Gasteiger partial charge in [-0.1, -0.05) is 18.7 Å². The summed E-state index contributed by atoms with van der Waals surface area (Å²) in [5.74, 6) is 1.24. The van der Waals surface area contributed by atoms with Gasteiger partial charge in [0.15, 0.2) is 17.3 Å². The third-order valence-electron chi connectivity index (χ3n) is 5.36. The number of ether oxygens (including phenoxy) is 3. The molecule has 1 aromatic carbocycles. The van der Waals surface area contributed by atoms with Crippen molar-refractivity contribution in [2.45, 2.75) is 38.3 Å². The van der Waals surface area contributed by atoms with Crippen LogP contribution in [0.15, 0.2) is 53.7 Å². The Labute approximate surface area is 194 Å². The fourth-order valence-corrected chi connectivity index (χ4v) is 3.68. The summed E-state index contributed by atoms with van der Waals surface area (Å²) in [5.41, 5.74) is 0.940. The monoisotopic (exact) mass is 456 g/mol. The zero-order chi connectivity index (χ0) is 23.5. The summed E-state index contributed by atoms with van der Waals surface area (Å²) >= 11 is 0. The minimum absolute atomic E-state index is 0.0173. The van der Waals surface area contributed by atoms with Crippen LogP contribution in [-0.4, -0.2) is 56.2 Å². The van der Waals surface area contributed by atoms with E-state index in [9.17, 15) is 9.59 Å². The topological polar surface area (TPSA) is 90.2 Å². The van der Waals surface area contributed by atoms with Crippen LogP contribution in [0.2, 0.25) is 0 Å². The maximum atomic E-state index is 13.0. The highest BCUT2D eigenvalue weighted by atomic mass is 16.5. The minimum atomic E-state index is -0.283. The summed E-state index contributed by atoms with van der Waals surface area (Å²) in [7, 11) is 1.59. The van der Waals surface area contributed by atoms with Crippen molar-refractivity contribution in [3.8, 4) is 11.5 Å². The fourth-order valence-electron chi connectivity index (χ4n) is 3.68. The molecule has 8 heteroatoms. The molecule has 2 aromatic rings. The van der Waals surface area contributed by atoms with Crippen molar-refractivity contribution in [2.75, 3.05) is 33.4 Å². The summed E-state index contributed by atoms with van der Waals surface area (Å²) in [6.07, 6.45) is 5.98.